The minimum absolute atomic E-state index is 0.0272. The van der Waals surface area contributed by atoms with Crippen LogP contribution in [0.1, 0.15) is 99.3 Å². The molecular formula is C45H72O16. The average Bonchev–Trinajstić information content (AvgIpc) is 3.69. The fourth-order valence-electron chi connectivity index (χ4n) is 14.0. The number of hydrogen-bond acceptors (Lipinski definition) is 16. The van der Waals surface area contributed by atoms with E-state index in [9.17, 15) is 40.9 Å². The largest absolute Gasteiger partial charge is 0.394 e. The Hall–Kier alpha value is -0.900. The van der Waals surface area contributed by atoms with Crippen LogP contribution in [-0.4, -0.2) is 164 Å². The summed E-state index contributed by atoms with van der Waals surface area (Å²) in [4.78, 5) is 0. The zero-order valence-corrected chi connectivity index (χ0v) is 36.5. The number of rotatable bonds is 7. The Labute approximate surface area is 358 Å². The first kappa shape index (κ1) is 45.3. The van der Waals surface area contributed by atoms with Gasteiger partial charge in [0.25, 0.3) is 0 Å². The maximum atomic E-state index is 11.6. The van der Waals surface area contributed by atoms with Gasteiger partial charge < -0.3 is 78.7 Å². The number of hydrogen-bond donors (Lipinski definition) is 8. The van der Waals surface area contributed by atoms with Crippen LogP contribution in [0.3, 0.4) is 0 Å². The number of aliphatic hydroxyl groups excluding tert-OH is 8. The molecule has 348 valence electrons. The normalized spacial score (nSPS) is 58.4. The van der Waals surface area contributed by atoms with Crippen LogP contribution in [0, 0.1) is 46.3 Å². The van der Waals surface area contributed by atoms with Gasteiger partial charge in [0, 0.05) is 12.3 Å². The van der Waals surface area contributed by atoms with E-state index in [1.165, 1.54) is 19.4 Å². The van der Waals surface area contributed by atoms with Crippen LogP contribution in [0.2, 0.25) is 0 Å². The lowest BCUT2D eigenvalue weighted by Gasteiger charge is -2.59. The quantitative estimate of drug-likeness (QED) is 0.168. The molecule has 16 nitrogen and oxygen atoms in total. The molecule has 61 heavy (non-hydrogen) atoms. The summed E-state index contributed by atoms with van der Waals surface area (Å²) in [5, 5.41) is 85.9. The van der Waals surface area contributed by atoms with E-state index in [1.54, 1.807) is 0 Å². The summed E-state index contributed by atoms with van der Waals surface area (Å²) >= 11 is 0. The lowest BCUT2D eigenvalue weighted by molar-refractivity contribution is -0.393. The number of allylic oxidation sites excluding steroid dienone is 1. The molecule has 0 unspecified atom stereocenters. The summed E-state index contributed by atoms with van der Waals surface area (Å²) in [6.07, 6.45) is -10.6. The second-order valence-electron chi connectivity index (χ2n) is 21.1. The van der Waals surface area contributed by atoms with E-state index in [1.807, 2.05) is 0 Å². The van der Waals surface area contributed by atoms with Crippen molar-refractivity contribution in [2.75, 3.05) is 13.2 Å². The second-order valence-corrected chi connectivity index (χ2v) is 21.1. The van der Waals surface area contributed by atoms with Crippen LogP contribution >= 0.6 is 0 Å². The van der Waals surface area contributed by atoms with Gasteiger partial charge in [-0.3, -0.25) is 0 Å². The molecule has 0 bridgehead atoms. The monoisotopic (exact) mass is 868 g/mol. The third-order valence-electron chi connectivity index (χ3n) is 17.6. The summed E-state index contributed by atoms with van der Waals surface area (Å²) in [5.74, 6) is 2.61. The zero-order chi connectivity index (χ0) is 43.5. The molecule has 8 N–H and O–H groups in total. The van der Waals surface area contributed by atoms with Gasteiger partial charge in [-0.15, -0.1) is 0 Å². The Kier molecular flexibility index (Phi) is 12.4. The van der Waals surface area contributed by atoms with E-state index in [2.05, 4.69) is 33.8 Å². The van der Waals surface area contributed by atoms with Crippen molar-refractivity contribution in [1.82, 2.24) is 0 Å². The molecule has 4 aliphatic carbocycles. The molecule has 5 aliphatic heterocycles. The maximum Gasteiger partial charge on any atom is 0.187 e. The zero-order valence-electron chi connectivity index (χ0n) is 36.5. The number of aliphatic hydroxyl groups is 8. The minimum atomic E-state index is -1.73. The third-order valence-corrected chi connectivity index (χ3v) is 17.6. The molecule has 9 rings (SSSR count). The Balaban J connectivity index is 0.937. The third kappa shape index (κ3) is 7.42. The van der Waals surface area contributed by atoms with E-state index >= 15 is 0 Å². The standard InChI is InChI=1S/C45H72O16/c1-19-9-14-45(54-18-19)20(2)30-28(61-45)16-27-25-8-7-23-15-24(10-12-43(23,5)26(25)11-13-44(27,30)6)57-42-39(60-41-37(53)35(51)32(48)22(4)56-41)38(33(49)29(17-46)58-42)59-40-36(52)34(50)31(47)21(3)55-40/h7,19-22,24-42,46-53H,8-18H2,1-6H3/t19-,20-,21-,22-,24-,25+,26-,27-,28-,29+,30-,31-,32-,33+,34+,35+,36+,37+,38-,39+,40-,41-,42+,43-,44-,45+/m0/s1. The smallest absolute Gasteiger partial charge is 0.187 e. The van der Waals surface area contributed by atoms with Crippen LogP contribution in [-0.2, 0) is 37.9 Å². The predicted molar refractivity (Wildman–Crippen MR) is 213 cm³/mol. The van der Waals surface area contributed by atoms with Gasteiger partial charge in [-0.05, 0) is 106 Å². The van der Waals surface area contributed by atoms with E-state index < -0.39 is 105 Å². The molecule has 0 radical (unpaired) electrons. The van der Waals surface area contributed by atoms with Crippen LogP contribution in [0.15, 0.2) is 11.6 Å². The summed E-state index contributed by atoms with van der Waals surface area (Å²) in [5.41, 5.74) is 1.51. The van der Waals surface area contributed by atoms with Crippen LogP contribution in [0.4, 0.5) is 0 Å². The van der Waals surface area contributed by atoms with Crippen molar-refractivity contribution in [1.29, 1.82) is 0 Å². The molecule has 1 spiro atoms. The molecule has 8 fully saturated rings. The summed E-state index contributed by atoms with van der Waals surface area (Å²) < 4.78 is 50.5. The lowest BCUT2D eigenvalue weighted by Crippen LogP contribution is -2.67. The van der Waals surface area contributed by atoms with Crippen molar-refractivity contribution < 1.29 is 78.7 Å². The van der Waals surface area contributed by atoms with Crippen molar-refractivity contribution in [2.45, 2.75) is 209 Å². The fraction of sp³-hybridized carbons (Fsp3) is 0.956. The van der Waals surface area contributed by atoms with Gasteiger partial charge >= 0.3 is 0 Å². The van der Waals surface area contributed by atoms with E-state index in [4.69, 9.17) is 37.9 Å². The van der Waals surface area contributed by atoms with Gasteiger partial charge in [-0.25, -0.2) is 0 Å². The van der Waals surface area contributed by atoms with Crippen molar-refractivity contribution in [3.05, 3.63) is 11.6 Å². The van der Waals surface area contributed by atoms with Crippen molar-refractivity contribution in [3.8, 4) is 0 Å². The van der Waals surface area contributed by atoms with Gasteiger partial charge in [0.15, 0.2) is 24.7 Å². The van der Waals surface area contributed by atoms with Gasteiger partial charge in [-0.2, -0.15) is 0 Å². The van der Waals surface area contributed by atoms with Gasteiger partial charge in [0.2, 0.25) is 0 Å². The fourth-order valence-corrected chi connectivity index (χ4v) is 14.0. The molecule has 5 saturated heterocycles. The second kappa shape index (κ2) is 16.8. The van der Waals surface area contributed by atoms with E-state index in [0.717, 1.165) is 51.6 Å². The van der Waals surface area contributed by atoms with Crippen molar-refractivity contribution >= 4 is 0 Å². The summed E-state index contributed by atoms with van der Waals surface area (Å²) in [6, 6.07) is 0. The predicted octanol–water partition coefficient (Wildman–Crippen LogP) is 1.24. The molecular weight excluding hydrogens is 796 g/mol. The molecule has 9 aliphatic rings. The Bertz CT molecular complexity index is 1590. The average molecular weight is 869 g/mol. The van der Waals surface area contributed by atoms with Gasteiger partial charge in [-0.1, -0.05) is 39.3 Å². The van der Waals surface area contributed by atoms with Gasteiger partial charge in [0.05, 0.1) is 37.6 Å². The Morgan fingerprint density at radius 2 is 1.34 bits per heavy atom. The highest BCUT2D eigenvalue weighted by atomic mass is 16.8. The van der Waals surface area contributed by atoms with E-state index in [-0.39, 0.29) is 23.0 Å². The minimum Gasteiger partial charge on any atom is -0.394 e. The van der Waals surface area contributed by atoms with Crippen LogP contribution in [0.5, 0.6) is 0 Å². The molecule has 26 atom stereocenters. The summed E-state index contributed by atoms with van der Waals surface area (Å²) in [7, 11) is 0. The highest BCUT2D eigenvalue weighted by molar-refractivity contribution is 5.26. The summed E-state index contributed by atoms with van der Waals surface area (Å²) in [6.45, 7) is 12.7. The lowest BCUT2D eigenvalue weighted by atomic mass is 9.47. The Morgan fingerprint density at radius 3 is 1.97 bits per heavy atom. The van der Waals surface area contributed by atoms with Gasteiger partial charge in [0.1, 0.15) is 61.0 Å². The SMILES string of the molecule is C[C@H]1CC[C@@]2(OC1)O[C@H]1C[C@H]3[C@@H]4CC=C5C[C@@H](O[C@@H]6O[C@H](CO)[C@@H](O)[C@H](O[C@@H]7O[C@@H](C)[C@H](O)[C@@H](O)[C@H]7O)[C@H]6O[C@@H]6O[C@@H](C)[C@H](O)[C@@H](O)[C@H]6O)CC[C@]5(C)[C@H]4CC[C@]3(C)[C@H]1[C@@H]2C. The first-order chi connectivity index (χ1) is 28.9. The Morgan fingerprint density at radius 1 is 0.689 bits per heavy atom. The van der Waals surface area contributed by atoms with Crippen molar-refractivity contribution in [2.24, 2.45) is 46.3 Å². The molecule has 0 amide bonds. The molecule has 0 aromatic carbocycles. The van der Waals surface area contributed by atoms with E-state index in [0.29, 0.717) is 48.3 Å². The van der Waals surface area contributed by atoms with Crippen LogP contribution < -0.4 is 0 Å². The molecule has 0 aromatic heterocycles. The highest BCUT2D eigenvalue weighted by Gasteiger charge is 2.69. The van der Waals surface area contributed by atoms with Crippen LogP contribution in [0.25, 0.3) is 0 Å². The molecule has 3 saturated carbocycles. The molecule has 16 heteroatoms. The van der Waals surface area contributed by atoms with Crippen molar-refractivity contribution in [3.63, 3.8) is 0 Å². The highest BCUT2D eigenvalue weighted by Crippen LogP contribution is 2.70. The first-order valence-corrected chi connectivity index (χ1v) is 23.2. The first-order valence-electron chi connectivity index (χ1n) is 23.2. The molecule has 5 heterocycles. The topological polar surface area (TPSA) is 236 Å². The number of ether oxygens (including phenoxy) is 8. The number of fused-ring (bicyclic) bond motifs is 7. The molecule has 0 aromatic rings. The maximum absolute atomic E-state index is 11.6.